The molecule has 0 aliphatic carbocycles. The topological polar surface area (TPSA) is 52.5 Å². The Labute approximate surface area is 162 Å². The van der Waals surface area contributed by atoms with Crippen LogP contribution in [0.25, 0.3) is 11.6 Å². The van der Waals surface area contributed by atoms with Crippen molar-refractivity contribution in [2.45, 2.75) is 20.3 Å². The van der Waals surface area contributed by atoms with Crippen molar-refractivity contribution < 1.29 is 4.74 Å². The SMILES string of the molecule is [B]n1cccc1C(CCN)=C1N=C(C=Cc2ccc(OCC)cc2)C=C1C. The first-order chi connectivity index (χ1) is 13.1. The van der Waals surface area contributed by atoms with E-state index in [-0.39, 0.29) is 0 Å². The first kappa shape index (κ1) is 19.0. The molecule has 1 aliphatic heterocycles. The van der Waals surface area contributed by atoms with E-state index in [0.717, 1.165) is 46.0 Å². The van der Waals surface area contributed by atoms with Crippen molar-refractivity contribution in [1.82, 2.24) is 4.48 Å². The number of allylic oxidation sites excluding steroid dienone is 3. The van der Waals surface area contributed by atoms with E-state index in [1.165, 1.54) is 0 Å². The quantitative estimate of drug-likeness (QED) is 0.762. The molecular formula is C22H24BN3O. The van der Waals surface area contributed by atoms with Crippen LogP contribution in [0.15, 0.2) is 71.0 Å². The van der Waals surface area contributed by atoms with E-state index in [4.69, 9.17) is 23.4 Å². The van der Waals surface area contributed by atoms with Crippen molar-refractivity contribution in [1.29, 1.82) is 0 Å². The summed E-state index contributed by atoms with van der Waals surface area (Å²) < 4.78 is 7.10. The zero-order valence-corrected chi connectivity index (χ0v) is 15.9. The molecule has 0 spiro atoms. The van der Waals surface area contributed by atoms with E-state index in [0.29, 0.717) is 13.2 Å². The molecular weight excluding hydrogens is 333 g/mol. The van der Waals surface area contributed by atoms with Crippen molar-refractivity contribution in [2.75, 3.05) is 13.2 Å². The zero-order chi connectivity index (χ0) is 19.2. The predicted octanol–water partition coefficient (Wildman–Crippen LogP) is 3.99. The number of aromatic nitrogens is 1. The van der Waals surface area contributed by atoms with Crippen LogP contribution in [0.3, 0.4) is 0 Å². The van der Waals surface area contributed by atoms with Crippen LogP contribution in [0.2, 0.25) is 0 Å². The third-order valence-electron chi connectivity index (χ3n) is 4.38. The smallest absolute Gasteiger partial charge is 0.234 e. The Morgan fingerprint density at radius 1 is 1.22 bits per heavy atom. The van der Waals surface area contributed by atoms with Gasteiger partial charge in [-0.1, -0.05) is 18.2 Å². The molecule has 0 saturated carbocycles. The summed E-state index contributed by atoms with van der Waals surface area (Å²) >= 11 is 0. The van der Waals surface area contributed by atoms with Crippen molar-refractivity contribution in [3.63, 3.8) is 0 Å². The molecule has 2 aromatic rings. The van der Waals surface area contributed by atoms with Crippen molar-refractivity contribution in [3.8, 4) is 5.75 Å². The molecule has 0 bridgehead atoms. The van der Waals surface area contributed by atoms with Crippen molar-refractivity contribution in [2.24, 2.45) is 10.7 Å². The van der Waals surface area contributed by atoms with Gasteiger partial charge in [-0.15, -0.1) is 0 Å². The largest absolute Gasteiger partial charge is 0.494 e. The van der Waals surface area contributed by atoms with Crippen LogP contribution in [0, 0.1) is 0 Å². The molecule has 27 heavy (non-hydrogen) atoms. The lowest BCUT2D eigenvalue weighted by atomic mass is 10.0. The number of rotatable bonds is 7. The highest BCUT2D eigenvalue weighted by Gasteiger charge is 2.16. The maximum absolute atomic E-state index is 6.04. The maximum atomic E-state index is 6.04. The lowest BCUT2D eigenvalue weighted by Crippen LogP contribution is -2.05. The minimum atomic E-state index is 0.546. The van der Waals surface area contributed by atoms with E-state index < -0.39 is 0 Å². The maximum Gasteiger partial charge on any atom is 0.234 e. The second-order valence-electron chi connectivity index (χ2n) is 6.37. The molecule has 0 fully saturated rings. The summed E-state index contributed by atoms with van der Waals surface area (Å²) in [5.41, 5.74) is 11.9. The molecule has 0 atom stereocenters. The number of aliphatic imine (C=N–C) groups is 1. The third-order valence-corrected chi connectivity index (χ3v) is 4.38. The first-order valence-corrected chi connectivity index (χ1v) is 9.16. The first-order valence-electron chi connectivity index (χ1n) is 9.16. The molecule has 3 rings (SSSR count). The van der Waals surface area contributed by atoms with E-state index >= 15 is 0 Å². The van der Waals surface area contributed by atoms with Gasteiger partial charge in [-0.2, -0.15) is 0 Å². The highest BCUT2D eigenvalue weighted by atomic mass is 16.5. The molecule has 4 nitrogen and oxygen atoms in total. The van der Waals surface area contributed by atoms with Gasteiger partial charge in [0.05, 0.1) is 18.0 Å². The summed E-state index contributed by atoms with van der Waals surface area (Å²) in [6.07, 6.45) is 8.71. The number of nitrogens with two attached hydrogens (primary N) is 1. The molecule has 0 unspecified atom stereocenters. The van der Waals surface area contributed by atoms with Gasteiger partial charge in [0.2, 0.25) is 7.98 Å². The summed E-state index contributed by atoms with van der Waals surface area (Å²) in [4.78, 5) is 4.81. The summed E-state index contributed by atoms with van der Waals surface area (Å²) in [5.74, 6) is 0.880. The van der Waals surface area contributed by atoms with Gasteiger partial charge in [-0.05, 0) is 80.6 Å². The lowest BCUT2D eigenvalue weighted by Gasteiger charge is -2.11. The minimum absolute atomic E-state index is 0.546. The fourth-order valence-corrected chi connectivity index (χ4v) is 3.12. The van der Waals surface area contributed by atoms with E-state index in [1.54, 1.807) is 4.48 Å². The Bertz CT molecular complexity index is 917. The molecule has 0 saturated heterocycles. The fraction of sp³-hybridized carbons (Fsp3) is 0.227. The molecule has 0 amide bonds. The standard InChI is InChI=1S/C22H24BN3O/c1-3-27-19-10-7-17(8-11-19)6-9-18-15-16(2)22(25-18)20(12-13-24)21-5-4-14-26(21)23/h4-11,14-15H,3,12-13,24H2,1-2H3. The third kappa shape index (κ3) is 4.49. The molecule has 1 aliphatic rings. The number of nitrogens with zero attached hydrogens (tertiary/aromatic N) is 2. The zero-order valence-electron chi connectivity index (χ0n) is 15.9. The van der Waals surface area contributed by atoms with Gasteiger partial charge in [0.1, 0.15) is 5.75 Å². The van der Waals surface area contributed by atoms with Gasteiger partial charge in [-0.25, -0.2) is 4.99 Å². The van der Waals surface area contributed by atoms with E-state index in [9.17, 15) is 0 Å². The Hall–Kier alpha value is -2.79. The van der Waals surface area contributed by atoms with E-state index in [1.807, 2.05) is 55.6 Å². The van der Waals surface area contributed by atoms with Gasteiger partial charge >= 0.3 is 0 Å². The summed E-state index contributed by atoms with van der Waals surface area (Å²) in [7, 11) is 6.04. The Morgan fingerprint density at radius 2 is 2.00 bits per heavy atom. The van der Waals surface area contributed by atoms with E-state index in [2.05, 4.69) is 19.1 Å². The number of hydrogen-bond donors (Lipinski definition) is 1. The fourth-order valence-electron chi connectivity index (χ4n) is 3.12. The summed E-state index contributed by atoms with van der Waals surface area (Å²) in [6, 6.07) is 11.9. The van der Waals surface area contributed by atoms with Crippen LogP contribution in [-0.2, 0) is 0 Å². The monoisotopic (exact) mass is 357 g/mol. The predicted molar refractivity (Wildman–Crippen MR) is 114 cm³/mol. The second-order valence-corrected chi connectivity index (χ2v) is 6.37. The molecule has 136 valence electrons. The molecule has 1 aromatic carbocycles. The van der Waals surface area contributed by atoms with Crippen molar-refractivity contribution in [3.05, 3.63) is 77.3 Å². The Kier molecular flexibility index (Phi) is 6.14. The van der Waals surface area contributed by atoms with Crippen LogP contribution in [0.5, 0.6) is 5.75 Å². The average molecular weight is 357 g/mol. The highest BCUT2D eigenvalue weighted by Crippen LogP contribution is 2.31. The van der Waals surface area contributed by atoms with Gasteiger partial charge in [-0.3, -0.25) is 0 Å². The average Bonchev–Trinajstić information content (AvgIpc) is 3.25. The molecule has 2 heterocycles. The normalized spacial score (nSPS) is 15.8. The van der Waals surface area contributed by atoms with Crippen LogP contribution in [0.4, 0.5) is 0 Å². The molecule has 2 N–H and O–H groups in total. The summed E-state index contributed by atoms with van der Waals surface area (Å²) in [6.45, 7) is 5.26. The van der Waals surface area contributed by atoms with Crippen LogP contribution >= 0.6 is 0 Å². The number of ether oxygens (including phenoxy) is 1. The Morgan fingerprint density at radius 3 is 2.63 bits per heavy atom. The van der Waals surface area contributed by atoms with Crippen LogP contribution in [0.1, 0.15) is 31.5 Å². The lowest BCUT2D eigenvalue weighted by molar-refractivity contribution is 0.340. The Balaban J connectivity index is 1.86. The van der Waals surface area contributed by atoms with Crippen molar-refractivity contribution >= 4 is 25.3 Å². The van der Waals surface area contributed by atoms with Gasteiger partial charge in [0, 0.05) is 11.3 Å². The molecule has 1 aromatic heterocycles. The van der Waals surface area contributed by atoms with Gasteiger partial charge in [0.15, 0.2) is 0 Å². The number of benzene rings is 1. The summed E-state index contributed by atoms with van der Waals surface area (Å²) in [5, 5.41) is 0. The second kappa shape index (κ2) is 8.74. The number of hydrogen-bond acceptors (Lipinski definition) is 3. The van der Waals surface area contributed by atoms with Crippen LogP contribution in [-0.4, -0.2) is 31.3 Å². The highest BCUT2D eigenvalue weighted by molar-refractivity contribution is 6.11. The minimum Gasteiger partial charge on any atom is -0.494 e. The van der Waals surface area contributed by atoms with Crippen LogP contribution < -0.4 is 10.5 Å². The molecule has 5 heteroatoms. The molecule has 2 radical (unpaired) electrons. The van der Waals surface area contributed by atoms with Gasteiger partial charge < -0.3 is 14.9 Å². The van der Waals surface area contributed by atoms with Gasteiger partial charge in [0.25, 0.3) is 0 Å².